The zero-order valence-corrected chi connectivity index (χ0v) is 14.6. The summed E-state index contributed by atoms with van der Waals surface area (Å²) >= 11 is 5.97. The van der Waals surface area contributed by atoms with Crippen LogP contribution in [0.2, 0.25) is 5.02 Å². The highest BCUT2D eigenvalue weighted by molar-refractivity contribution is 7.89. The van der Waals surface area contributed by atoms with Gasteiger partial charge in [-0.05, 0) is 24.3 Å². The number of nitrogens with zero attached hydrogens (tertiary/aromatic N) is 2. The molecule has 2 aromatic rings. The number of hydrogen-bond donors (Lipinski definition) is 4. The molecule has 25 heavy (non-hydrogen) atoms. The van der Waals surface area contributed by atoms with E-state index in [1.165, 1.54) is 18.3 Å². The molecule has 1 aromatic heterocycles. The summed E-state index contributed by atoms with van der Waals surface area (Å²) in [6, 6.07) is 5.99. The Morgan fingerprint density at radius 3 is 2.64 bits per heavy atom. The normalized spacial score (nSPS) is 10.9. The number of benzene rings is 1. The lowest BCUT2D eigenvalue weighted by atomic mass is 10.3. The van der Waals surface area contributed by atoms with Crippen molar-refractivity contribution >= 4 is 39.1 Å². The van der Waals surface area contributed by atoms with Crippen molar-refractivity contribution in [1.29, 1.82) is 0 Å². The molecule has 0 saturated carbocycles. The van der Waals surface area contributed by atoms with Crippen molar-refractivity contribution in [3.05, 3.63) is 35.5 Å². The molecule has 0 aliphatic heterocycles. The minimum atomic E-state index is -3.65. The van der Waals surface area contributed by atoms with Gasteiger partial charge in [0.1, 0.15) is 5.02 Å². The van der Waals surface area contributed by atoms with E-state index in [2.05, 4.69) is 31.2 Å². The molecule has 2 rings (SSSR count). The largest absolute Gasteiger partial charge is 0.395 e. The van der Waals surface area contributed by atoms with Gasteiger partial charge in [-0.15, -0.1) is 6.42 Å². The maximum Gasteiger partial charge on any atom is 0.240 e. The predicted molar refractivity (Wildman–Crippen MR) is 96.4 cm³/mol. The van der Waals surface area contributed by atoms with Gasteiger partial charge in [-0.3, -0.25) is 0 Å². The predicted octanol–water partition coefficient (Wildman–Crippen LogP) is 1.19. The monoisotopic (exact) mass is 381 g/mol. The maximum atomic E-state index is 11.9. The van der Waals surface area contributed by atoms with Crippen LogP contribution in [0.5, 0.6) is 0 Å². The van der Waals surface area contributed by atoms with Crippen LogP contribution in [0.3, 0.4) is 0 Å². The average Bonchev–Trinajstić information content (AvgIpc) is 2.61. The molecule has 0 aliphatic rings. The number of aliphatic hydroxyl groups excluding tert-OH is 1. The fourth-order valence-corrected chi connectivity index (χ4v) is 2.97. The molecular formula is C15H16ClN5O3S. The van der Waals surface area contributed by atoms with E-state index >= 15 is 0 Å². The van der Waals surface area contributed by atoms with Gasteiger partial charge < -0.3 is 15.7 Å². The number of halogens is 1. The van der Waals surface area contributed by atoms with E-state index in [9.17, 15) is 8.42 Å². The number of aliphatic hydroxyl groups is 1. The first-order valence-electron chi connectivity index (χ1n) is 7.14. The number of sulfonamides is 1. The smallest absolute Gasteiger partial charge is 0.240 e. The van der Waals surface area contributed by atoms with Crippen molar-refractivity contribution < 1.29 is 13.5 Å². The Morgan fingerprint density at radius 1 is 1.28 bits per heavy atom. The Labute approximate surface area is 150 Å². The Balaban J connectivity index is 2.12. The van der Waals surface area contributed by atoms with Gasteiger partial charge in [-0.2, -0.15) is 4.98 Å². The highest BCUT2D eigenvalue weighted by Gasteiger charge is 2.13. The van der Waals surface area contributed by atoms with E-state index in [0.29, 0.717) is 16.5 Å². The Hall–Kier alpha value is -2.38. The summed E-state index contributed by atoms with van der Waals surface area (Å²) in [5, 5.41) is 14.8. The van der Waals surface area contributed by atoms with Gasteiger partial charge in [0.2, 0.25) is 16.0 Å². The zero-order valence-electron chi connectivity index (χ0n) is 13.0. The van der Waals surface area contributed by atoms with Crippen LogP contribution in [0.4, 0.5) is 17.5 Å². The summed E-state index contributed by atoms with van der Waals surface area (Å²) in [7, 11) is -3.65. The molecule has 132 valence electrons. The van der Waals surface area contributed by atoms with Crippen molar-refractivity contribution in [1.82, 2.24) is 14.7 Å². The standard InChI is InChI=1S/C15H16ClN5O3S/c1-2-7-17-14-13(16)10-18-15(21-14)20-11-3-5-12(6-4-11)25(23,24)19-8-9-22/h1,3-6,10,19,22H,7-9H2,(H2,17,18,20,21). The lowest BCUT2D eigenvalue weighted by Crippen LogP contribution is -2.26. The van der Waals surface area contributed by atoms with Crippen LogP contribution < -0.4 is 15.4 Å². The molecule has 0 amide bonds. The van der Waals surface area contributed by atoms with Crippen molar-refractivity contribution in [2.75, 3.05) is 30.3 Å². The number of nitrogens with one attached hydrogen (secondary N) is 3. The lowest BCUT2D eigenvalue weighted by molar-refractivity contribution is 0.301. The van der Waals surface area contributed by atoms with Gasteiger partial charge in [0.25, 0.3) is 0 Å². The number of rotatable bonds is 8. The van der Waals surface area contributed by atoms with Crippen molar-refractivity contribution in [2.45, 2.75) is 4.90 Å². The van der Waals surface area contributed by atoms with Gasteiger partial charge in [-0.25, -0.2) is 18.1 Å². The van der Waals surface area contributed by atoms with Crippen LogP contribution in [-0.4, -0.2) is 43.2 Å². The first kappa shape index (κ1) is 19.0. The van der Waals surface area contributed by atoms with Crippen LogP contribution in [-0.2, 0) is 10.0 Å². The molecule has 1 aromatic carbocycles. The topological polar surface area (TPSA) is 116 Å². The van der Waals surface area contributed by atoms with Crippen LogP contribution in [0.15, 0.2) is 35.4 Å². The van der Waals surface area contributed by atoms with E-state index in [4.69, 9.17) is 23.1 Å². The Morgan fingerprint density at radius 2 is 2.00 bits per heavy atom. The summed E-state index contributed by atoms with van der Waals surface area (Å²) in [5.41, 5.74) is 0.589. The first-order chi connectivity index (χ1) is 12.0. The van der Waals surface area contributed by atoms with Crippen LogP contribution >= 0.6 is 11.6 Å². The molecule has 0 aliphatic carbocycles. The van der Waals surface area contributed by atoms with Crippen molar-refractivity contribution in [3.8, 4) is 12.3 Å². The van der Waals surface area contributed by atoms with E-state index in [1.807, 2.05) is 0 Å². The summed E-state index contributed by atoms with van der Waals surface area (Å²) in [6.45, 7) is -0.0548. The molecule has 8 nitrogen and oxygen atoms in total. The minimum Gasteiger partial charge on any atom is -0.395 e. The summed E-state index contributed by atoms with van der Waals surface area (Å²) in [4.78, 5) is 8.33. The molecule has 0 radical (unpaired) electrons. The molecule has 0 unspecified atom stereocenters. The average molecular weight is 382 g/mol. The number of hydrogen-bond acceptors (Lipinski definition) is 7. The van der Waals surface area contributed by atoms with Crippen LogP contribution in [0.1, 0.15) is 0 Å². The van der Waals surface area contributed by atoms with Gasteiger partial charge in [-0.1, -0.05) is 17.5 Å². The summed E-state index contributed by atoms with van der Waals surface area (Å²) in [5.74, 6) is 3.09. The SMILES string of the molecule is C#CCNc1nc(Nc2ccc(S(=O)(=O)NCCO)cc2)ncc1Cl. The van der Waals surface area contributed by atoms with E-state index in [0.717, 1.165) is 0 Å². The highest BCUT2D eigenvalue weighted by atomic mass is 35.5. The second-order valence-corrected chi connectivity index (χ2v) is 6.89. The molecule has 10 heteroatoms. The third-order valence-electron chi connectivity index (χ3n) is 2.93. The highest BCUT2D eigenvalue weighted by Crippen LogP contribution is 2.22. The first-order valence-corrected chi connectivity index (χ1v) is 9.00. The number of terminal acetylenes is 1. The maximum absolute atomic E-state index is 11.9. The van der Waals surface area contributed by atoms with Crippen molar-refractivity contribution in [3.63, 3.8) is 0 Å². The van der Waals surface area contributed by atoms with Crippen LogP contribution in [0, 0.1) is 12.3 Å². The second-order valence-electron chi connectivity index (χ2n) is 4.72. The van der Waals surface area contributed by atoms with Gasteiger partial charge in [0.05, 0.1) is 24.2 Å². The Kier molecular flexibility index (Phi) is 6.55. The fraction of sp³-hybridized carbons (Fsp3) is 0.200. The third kappa shape index (κ3) is 5.30. The van der Waals surface area contributed by atoms with Gasteiger partial charge in [0.15, 0.2) is 5.82 Å². The Bertz CT molecular complexity index is 866. The molecule has 0 atom stereocenters. The van der Waals surface area contributed by atoms with E-state index in [1.54, 1.807) is 12.1 Å². The summed E-state index contributed by atoms with van der Waals surface area (Å²) < 4.78 is 26.1. The molecule has 0 saturated heterocycles. The quantitative estimate of drug-likeness (QED) is 0.507. The van der Waals surface area contributed by atoms with Crippen LogP contribution in [0.25, 0.3) is 0 Å². The zero-order chi connectivity index (χ0) is 18.3. The summed E-state index contributed by atoms with van der Waals surface area (Å²) in [6.07, 6.45) is 6.61. The minimum absolute atomic E-state index is 0.0472. The van der Waals surface area contributed by atoms with E-state index < -0.39 is 10.0 Å². The number of anilines is 3. The van der Waals surface area contributed by atoms with Gasteiger partial charge >= 0.3 is 0 Å². The molecule has 0 fully saturated rings. The third-order valence-corrected chi connectivity index (χ3v) is 4.68. The lowest BCUT2D eigenvalue weighted by Gasteiger charge is -2.09. The molecular weight excluding hydrogens is 366 g/mol. The molecule has 1 heterocycles. The second kappa shape index (κ2) is 8.64. The fourth-order valence-electron chi connectivity index (χ4n) is 1.80. The van der Waals surface area contributed by atoms with Crippen molar-refractivity contribution in [2.24, 2.45) is 0 Å². The molecule has 0 spiro atoms. The van der Waals surface area contributed by atoms with E-state index in [-0.39, 0.29) is 30.5 Å². The molecule has 4 N–H and O–H groups in total. The number of aromatic nitrogens is 2. The molecule has 0 bridgehead atoms. The van der Waals surface area contributed by atoms with Gasteiger partial charge in [0, 0.05) is 12.2 Å².